The van der Waals surface area contributed by atoms with Crippen LogP contribution in [0.4, 0.5) is 5.69 Å². The highest BCUT2D eigenvalue weighted by Gasteiger charge is 2.29. The van der Waals surface area contributed by atoms with E-state index in [2.05, 4.69) is 31.2 Å². The summed E-state index contributed by atoms with van der Waals surface area (Å²) in [5, 5.41) is 2.92. The molecule has 0 fully saturated rings. The second-order valence-corrected chi connectivity index (χ2v) is 5.84. The number of Topliss-reactive ketones (excluding diaryl/α,β-unsaturated/α-hetero) is 1. The molecule has 3 rings (SSSR count). The third-order valence-electron chi connectivity index (χ3n) is 2.63. The summed E-state index contributed by atoms with van der Waals surface area (Å²) in [5.41, 5.74) is 0.549. The number of nitrogens with zero attached hydrogens (tertiary/aromatic N) is 1. The second-order valence-electron chi connectivity index (χ2n) is 3.95. The fraction of sp³-hybridized carbons (Fsp3) is 0. The van der Waals surface area contributed by atoms with Gasteiger partial charge in [0.25, 0.3) is 17.2 Å². The first kappa shape index (κ1) is 13.1. The molecule has 0 bridgehead atoms. The van der Waals surface area contributed by atoms with Crippen LogP contribution in [-0.2, 0) is 4.79 Å². The highest BCUT2D eigenvalue weighted by molar-refractivity contribution is 9.10. The van der Waals surface area contributed by atoms with Crippen molar-refractivity contribution >= 4 is 45.1 Å². The minimum atomic E-state index is -0.639. The first-order chi connectivity index (χ1) is 9.54. The molecule has 20 heavy (non-hydrogen) atoms. The highest BCUT2D eigenvalue weighted by atomic mass is 79.9. The predicted octanol–water partition coefficient (Wildman–Crippen LogP) is 1.82. The number of aromatic amines is 1. The quantitative estimate of drug-likeness (QED) is 0.635. The van der Waals surface area contributed by atoms with Crippen molar-refractivity contribution in [2.75, 3.05) is 5.32 Å². The maximum atomic E-state index is 11.6. The number of anilines is 1. The van der Waals surface area contributed by atoms with E-state index in [0.717, 1.165) is 4.90 Å². The lowest BCUT2D eigenvalue weighted by Crippen LogP contribution is -2.12. The number of amides is 1. The van der Waals surface area contributed by atoms with Gasteiger partial charge in [-0.3, -0.25) is 14.4 Å². The van der Waals surface area contributed by atoms with Crippen molar-refractivity contribution in [3.05, 3.63) is 44.8 Å². The number of nitrogens with one attached hydrogen (secondary N) is 2. The Labute approximate surface area is 125 Å². The predicted molar refractivity (Wildman–Crippen MR) is 76.1 cm³/mol. The van der Waals surface area contributed by atoms with Gasteiger partial charge < -0.3 is 10.3 Å². The zero-order chi connectivity index (χ0) is 14.3. The Bertz CT molecular complexity index is 803. The molecule has 0 saturated heterocycles. The Morgan fingerprint density at radius 3 is 2.75 bits per heavy atom. The molecule has 1 amide bonds. The number of H-pyrrole nitrogens is 1. The highest BCUT2D eigenvalue weighted by Crippen LogP contribution is 2.37. The Kier molecular flexibility index (Phi) is 3.19. The Morgan fingerprint density at radius 1 is 1.20 bits per heavy atom. The first-order valence-corrected chi connectivity index (χ1v) is 7.08. The maximum Gasteiger partial charge on any atom is 0.296 e. The van der Waals surface area contributed by atoms with E-state index in [1.807, 2.05) is 0 Å². The number of halogens is 1. The Balaban J connectivity index is 2.00. The van der Waals surface area contributed by atoms with Gasteiger partial charge in [-0.05, 0) is 28.1 Å². The number of fused-ring (bicyclic) bond motifs is 1. The molecule has 6 nitrogen and oxygen atoms in total. The lowest BCUT2D eigenvalue weighted by Gasteiger charge is -2.06. The maximum absolute atomic E-state index is 11.6. The van der Waals surface area contributed by atoms with Crippen LogP contribution in [0.3, 0.4) is 0 Å². The van der Waals surface area contributed by atoms with Crippen LogP contribution in [0.5, 0.6) is 0 Å². The summed E-state index contributed by atoms with van der Waals surface area (Å²) in [6, 6.07) is 4.57. The number of aromatic nitrogens is 2. The summed E-state index contributed by atoms with van der Waals surface area (Å²) >= 11 is 4.56. The molecular formula is C12H6BrN3O3S. The van der Waals surface area contributed by atoms with Crippen molar-refractivity contribution in [1.29, 1.82) is 0 Å². The van der Waals surface area contributed by atoms with E-state index in [4.69, 9.17) is 0 Å². The fourth-order valence-electron chi connectivity index (χ4n) is 1.73. The summed E-state index contributed by atoms with van der Waals surface area (Å²) < 4.78 is 0.651. The number of ketones is 1. The van der Waals surface area contributed by atoms with E-state index in [0.29, 0.717) is 20.9 Å². The van der Waals surface area contributed by atoms with Crippen molar-refractivity contribution in [2.24, 2.45) is 0 Å². The first-order valence-electron chi connectivity index (χ1n) is 5.47. The summed E-state index contributed by atoms with van der Waals surface area (Å²) in [6.07, 6.45) is 1.41. The summed E-state index contributed by atoms with van der Waals surface area (Å²) in [4.78, 5) is 41.4. The summed E-state index contributed by atoms with van der Waals surface area (Å²) in [7, 11) is 0. The number of carbonyl (C=O) groups is 2. The van der Waals surface area contributed by atoms with Crippen molar-refractivity contribution < 1.29 is 9.59 Å². The summed E-state index contributed by atoms with van der Waals surface area (Å²) in [5.74, 6) is -1.19. The van der Waals surface area contributed by atoms with Crippen molar-refractivity contribution in [1.82, 2.24) is 9.97 Å². The molecule has 2 N–H and O–H groups in total. The molecule has 1 aromatic heterocycles. The fourth-order valence-corrected chi connectivity index (χ4v) is 3.13. The van der Waals surface area contributed by atoms with Crippen molar-refractivity contribution in [3.63, 3.8) is 0 Å². The number of carbonyl (C=O) groups excluding carboxylic acids is 2. The van der Waals surface area contributed by atoms with Crippen LogP contribution in [-0.4, -0.2) is 21.7 Å². The van der Waals surface area contributed by atoms with Crippen LogP contribution in [0.15, 0.2) is 43.7 Å². The molecule has 0 unspecified atom stereocenters. The van der Waals surface area contributed by atoms with Crippen LogP contribution in [0.1, 0.15) is 10.4 Å². The molecule has 0 aliphatic carbocycles. The lowest BCUT2D eigenvalue weighted by atomic mass is 10.1. The van der Waals surface area contributed by atoms with Gasteiger partial charge in [0.05, 0.1) is 11.3 Å². The zero-order valence-electron chi connectivity index (χ0n) is 9.77. The number of hydrogen-bond donors (Lipinski definition) is 2. The standard InChI is InChI=1S/C12H6BrN3O3S/c13-6-3-5-7(15-11(19)10(5)18)4-8(6)20-12-14-2-1-9(17)16-12/h1-4H,(H,14,16,17)(H,15,18,19). The third-order valence-corrected chi connectivity index (χ3v) is 4.50. The van der Waals surface area contributed by atoms with Crippen molar-refractivity contribution in [3.8, 4) is 0 Å². The molecule has 0 saturated carbocycles. The van der Waals surface area contributed by atoms with Crippen LogP contribution in [0.2, 0.25) is 0 Å². The van der Waals surface area contributed by atoms with Crippen LogP contribution in [0.25, 0.3) is 0 Å². The average Bonchev–Trinajstić information content (AvgIpc) is 2.66. The van der Waals surface area contributed by atoms with E-state index in [9.17, 15) is 14.4 Å². The van der Waals surface area contributed by atoms with E-state index in [-0.39, 0.29) is 5.56 Å². The average molecular weight is 352 g/mol. The van der Waals surface area contributed by atoms with E-state index < -0.39 is 11.7 Å². The van der Waals surface area contributed by atoms with Gasteiger partial charge in [0.15, 0.2) is 5.16 Å². The molecule has 1 aliphatic rings. The molecule has 2 aromatic rings. The van der Waals surface area contributed by atoms with E-state index in [1.165, 1.54) is 24.0 Å². The van der Waals surface area contributed by atoms with Gasteiger partial charge in [0, 0.05) is 21.6 Å². The van der Waals surface area contributed by atoms with E-state index in [1.54, 1.807) is 12.1 Å². The van der Waals surface area contributed by atoms with Crippen molar-refractivity contribution in [2.45, 2.75) is 10.1 Å². The number of hydrogen-bond acceptors (Lipinski definition) is 5. The molecule has 8 heteroatoms. The molecule has 100 valence electrons. The third kappa shape index (κ3) is 2.27. The smallest absolute Gasteiger partial charge is 0.296 e. The number of benzene rings is 1. The molecule has 1 aromatic carbocycles. The molecule has 0 radical (unpaired) electrons. The van der Waals surface area contributed by atoms with Gasteiger partial charge in [-0.1, -0.05) is 11.8 Å². The minimum Gasteiger partial charge on any atom is -0.318 e. The SMILES string of the molecule is O=C1Nc2cc(Sc3nccc(=O)[nH]3)c(Br)cc2C1=O. The van der Waals surface area contributed by atoms with Crippen LogP contribution in [0, 0.1) is 0 Å². The molecule has 2 heterocycles. The molecule has 1 aliphatic heterocycles. The topological polar surface area (TPSA) is 91.9 Å². The Morgan fingerprint density at radius 2 is 2.00 bits per heavy atom. The lowest BCUT2D eigenvalue weighted by molar-refractivity contribution is -0.112. The molecule has 0 atom stereocenters. The van der Waals surface area contributed by atoms with Gasteiger partial charge in [0.1, 0.15) is 0 Å². The van der Waals surface area contributed by atoms with Gasteiger partial charge in [0.2, 0.25) is 0 Å². The monoisotopic (exact) mass is 351 g/mol. The normalized spacial score (nSPS) is 13.2. The van der Waals surface area contributed by atoms with Gasteiger partial charge in [-0.2, -0.15) is 0 Å². The van der Waals surface area contributed by atoms with Crippen LogP contribution >= 0.6 is 27.7 Å². The van der Waals surface area contributed by atoms with Crippen LogP contribution < -0.4 is 10.9 Å². The molecular weight excluding hydrogens is 346 g/mol. The van der Waals surface area contributed by atoms with Gasteiger partial charge >= 0.3 is 0 Å². The Hall–Kier alpha value is -1.93. The second kappa shape index (κ2) is 4.88. The van der Waals surface area contributed by atoms with E-state index >= 15 is 0 Å². The summed E-state index contributed by atoms with van der Waals surface area (Å²) in [6.45, 7) is 0. The zero-order valence-corrected chi connectivity index (χ0v) is 12.2. The minimum absolute atomic E-state index is 0.247. The van der Waals surface area contributed by atoms with Gasteiger partial charge in [-0.15, -0.1) is 0 Å². The van der Waals surface area contributed by atoms with Gasteiger partial charge in [-0.25, -0.2) is 4.98 Å². The largest absolute Gasteiger partial charge is 0.318 e. The number of rotatable bonds is 2. The molecule has 0 spiro atoms.